The van der Waals surface area contributed by atoms with Gasteiger partial charge in [0, 0.05) is 19.3 Å². The third kappa shape index (κ3) is 60.8. The van der Waals surface area contributed by atoms with Gasteiger partial charge < -0.3 is 14.2 Å². The van der Waals surface area contributed by atoms with E-state index >= 15 is 0 Å². The summed E-state index contributed by atoms with van der Waals surface area (Å²) in [6, 6.07) is 0. The van der Waals surface area contributed by atoms with Crippen LogP contribution < -0.4 is 0 Å². The molecule has 0 heterocycles. The van der Waals surface area contributed by atoms with Gasteiger partial charge in [0.15, 0.2) is 6.10 Å². The van der Waals surface area contributed by atoms with Gasteiger partial charge in [0.2, 0.25) is 0 Å². The molecule has 0 aromatic heterocycles. The Morgan fingerprint density at radius 3 is 0.813 bits per heavy atom. The maximum Gasteiger partial charge on any atom is 0.306 e. The molecular weight excluding hydrogens is 925 g/mol. The Balaban J connectivity index is 4.21. The van der Waals surface area contributed by atoms with Crippen LogP contribution in [0.25, 0.3) is 0 Å². The molecule has 0 spiro atoms. The highest BCUT2D eigenvalue weighted by Gasteiger charge is 2.19. The van der Waals surface area contributed by atoms with E-state index in [0.29, 0.717) is 19.3 Å². The second-order valence-electron chi connectivity index (χ2n) is 20.6. The lowest BCUT2D eigenvalue weighted by Gasteiger charge is -2.18. The average Bonchev–Trinajstić information content (AvgIpc) is 3.41. The number of carbonyl (C=O) groups is 3. The fraction of sp³-hybridized carbons (Fsp3) is 0.696. The fourth-order valence-electron chi connectivity index (χ4n) is 8.64. The number of hydrogen-bond donors (Lipinski definition) is 0. The van der Waals surface area contributed by atoms with Gasteiger partial charge in [0.25, 0.3) is 0 Å². The second-order valence-corrected chi connectivity index (χ2v) is 20.6. The van der Waals surface area contributed by atoms with Crippen molar-refractivity contribution in [2.45, 2.75) is 297 Å². The van der Waals surface area contributed by atoms with Gasteiger partial charge in [-0.3, -0.25) is 14.4 Å². The first-order valence-electron chi connectivity index (χ1n) is 31.4. The molecule has 0 saturated carbocycles. The molecule has 0 aromatic rings. The van der Waals surface area contributed by atoms with Gasteiger partial charge in [-0.25, -0.2) is 0 Å². The quantitative estimate of drug-likeness (QED) is 0.0261. The van der Waals surface area contributed by atoms with Crippen LogP contribution in [0.5, 0.6) is 0 Å². The number of esters is 3. The molecule has 0 aliphatic heterocycles. The average molecular weight is 1040 g/mol. The van der Waals surface area contributed by atoms with Crippen molar-refractivity contribution < 1.29 is 28.6 Å². The van der Waals surface area contributed by atoms with E-state index < -0.39 is 6.10 Å². The summed E-state index contributed by atoms with van der Waals surface area (Å²) in [6.07, 6.45) is 85.3. The molecule has 1 unspecified atom stereocenters. The summed E-state index contributed by atoms with van der Waals surface area (Å²) in [5, 5.41) is 0. The molecule has 428 valence electrons. The van der Waals surface area contributed by atoms with Crippen LogP contribution >= 0.6 is 0 Å². The first kappa shape index (κ1) is 71.1. The molecule has 0 N–H and O–H groups in total. The van der Waals surface area contributed by atoms with Crippen molar-refractivity contribution in [1.29, 1.82) is 0 Å². The molecule has 75 heavy (non-hydrogen) atoms. The molecule has 0 amide bonds. The molecule has 0 rings (SSSR count). The molecule has 0 aliphatic carbocycles. The number of allylic oxidation sites excluding steroid dienone is 18. The summed E-state index contributed by atoms with van der Waals surface area (Å²) in [5.74, 6) is -0.897. The monoisotopic (exact) mass is 1040 g/mol. The zero-order valence-electron chi connectivity index (χ0n) is 49.0. The van der Waals surface area contributed by atoms with Gasteiger partial charge in [0.05, 0.1) is 0 Å². The second kappa shape index (κ2) is 62.6. The lowest BCUT2D eigenvalue weighted by atomic mass is 10.0. The van der Waals surface area contributed by atoms with Crippen molar-refractivity contribution in [3.63, 3.8) is 0 Å². The van der Waals surface area contributed by atoms with Crippen LogP contribution in [-0.2, 0) is 28.6 Å². The molecule has 0 saturated heterocycles. The molecule has 0 aromatic carbocycles. The van der Waals surface area contributed by atoms with Crippen molar-refractivity contribution in [1.82, 2.24) is 0 Å². The smallest absolute Gasteiger partial charge is 0.306 e. The van der Waals surface area contributed by atoms with E-state index in [0.717, 1.165) is 135 Å². The minimum absolute atomic E-state index is 0.0832. The van der Waals surface area contributed by atoms with E-state index in [-0.39, 0.29) is 31.1 Å². The van der Waals surface area contributed by atoms with Crippen LogP contribution in [0.4, 0.5) is 0 Å². The largest absolute Gasteiger partial charge is 0.462 e. The first-order chi connectivity index (χ1) is 37.0. The van der Waals surface area contributed by atoms with Crippen LogP contribution in [0.3, 0.4) is 0 Å². The lowest BCUT2D eigenvalue weighted by Crippen LogP contribution is -2.30. The highest BCUT2D eigenvalue weighted by atomic mass is 16.6. The molecule has 0 radical (unpaired) electrons. The zero-order chi connectivity index (χ0) is 54.3. The van der Waals surface area contributed by atoms with Crippen LogP contribution in [0.15, 0.2) is 109 Å². The zero-order valence-corrected chi connectivity index (χ0v) is 49.0. The lowest BCUT2D eigenvalue weighted by molar-refractivity contribution is -0.167. The molecule has 0 fully saturated rings. The third-order valence-electron chi connectivity index (χ3n) is 13.3. The van der Waals surface area contributed by atoms with Gasteiger partial charge in [-0.15, -0.1) is 0 Å². The van der Waals surface area contributed by atoms with E-state index in [2.05, 4.69) is 130 Å². The highest BCUT2D eigenvalue weighted by Crippen LogP contribution is 2.16. The van der Waals surface area contributed by atoms with Crippen LogP contribution in [0.2, 0.25) is 0 Å². The predicted molar refractivity (Wildman–Crippen MR) is 325 cm³/mol. The van der Waals surface area contributed by atoms with Gasteiger partial charge >= 0.3 is 17.9 Å². The topological polar surface area (TPSA) is 78.9 Å². The molecule has 0 bridgehead atoms. The molecule has 6 heteroatoms. The van der Waals surface area contributed by atoms with Gasteiger partial charge in [-0.2, -0.15) is 0 Å². The third-order valence-corrected chi connectivity index (χ3v) is 13.3. The standard InChI is InChI=1S/C69H116O6/c1-4-7-10-13-16-19-22-24-26-27-28-29-30-31-32-33-34-35-36-37-38-39-40-41-43-44-47-50-53-56-59-62-68(71)74-65-66(64-73-67(70)61-58-55-52-49-46-21-18-15-12-9-6-3)75-69(72)63-60-57-54-51-48-45-42-25-23-20-17-14-11-8-5-2/h7-8,10-11,16-17,19-20,24-26,28-29,31-32,34-35,42,66H,4-6,9,12-15,18,21-23,27,30,33,36-41,43-65H2,1-3H3/b10-7-,11-8-,19-16-,20-17-,26-24-,29-28-,32-31-,35-34-,42-25-. The first-order valence-corrected chi connectivity index (χ1v) is 31.4. The Morgan fingerprint density at radius 1 is 0.280 bits per heavy atom. The summed E-state index contributed by atoms with van der Waals surface area (Å²) in [4.78, 5) is 38.2. The van der Waals surface area contributed by atoms with Crippen molar-refractivity contribution in [2.24, 2.45) is 0 Å². The number of carbonyl (C=O) groups excluding carboxylic acids is 3. The fourth-order valence-corrected chi connectivity index (χ4v) is 8.64. The molecule has 0 aliphatic rings. The van der Waals surface area contributed by atoms with E-state index in [4.69, 9.17) is 14.2 Å². The minimum atomic E-state index is -0.787. The molecular formula is C69H116O6. The van der Waals surface area contributed by atoms with Crippen LogP contribution in [-0.4, -0.2) is 37.2 Å². The van der Waals surface area contributed by atoms with Crippen molar-refractivity contribution >= 4 is 17.9 Å². The van der Waals surface area contributed by atoms with Gasteiger partial charge in [-0.1, -0.05) is 278 Å². The van der Waals surface area contributed by atoms with Crippen LogP contribution in [0, 0.1) is 0 Å². The van der Waals surface area contributed by atoms with Gasteiger partial charge in [0.1, 0.15) is 13.2 Å². The minimum Gasteiger partial charge on any atom is -0.462 e. The normalized spacial score (nSPS) is 12.8. The van der Waals surface area contributed by atoms with Crippen molar-refractivity contribution in [2.75, 3.05) is 13.2 Å². The maximum absolute atomic E-state index is 12.9. The summed E-state index contributed by atoms with van der Waals surface area (Å²) in [7, 11) is 0. The Morgan fingerprint density at radius 2 is 0.520 bits per heavy atom. The van der Waals surface area contributed by atoms with E-state index in [1.165, 1.54) is 116 Å². The van der Waals surface area contributed by atoms with Crippen molar-refractivity contribution in [3.8, 4) is 0 Å². The van der Waals surface area contributed by atoms with E-state index in [1.54, 1.807) is 0 Å². The Kier molecular flexibility index (Phi) is 59.3. The van der Waals surface area contributed by atoms with Crippen LogP contribution in [0.1, 0.15) is 290 Å². The highest BCUT2D eigenvalue weighted by molar-refractivity contribution is 5.71. The number of hydrogen-bond acceptors (Lipinski definition) is 6. The molecule has 6 nitrogen and oxygen atoms in total. The summed E-state index contributed by atoms with van der Waals surface area (Å²) in [5.41, 5.74) is 0. The maximum atomic E-state index is 12.9. The van der Waals surface area contributed by atoms with Gasteiger partial charge in [-0.05, 0) is 103 Å². The SMILES string of the molecule is CC/C=C\C/C=C\C/C=C\C/C=C\C/C=C\C/C=C\CCCCCCCCCCCCCCC(=O)OCC(COC(=O)CCCCCCCCCCCCC)OC(=O)CCCCCCC/C=C\C/C=C\C/C=C\CC. The van der Waals surface area contributed by atoms with Crippen molar-refractivity contribution in [3.05, 3.63) is 109 Å². The summed E-state index contributed by atoms with van der Waals surface area (Å²) < 4.78 is 16.9. The number of rotatable bonds is 56. The number of ether oxygens (including phenoxy) is 3. The Bertz CT molecular complexity index is 1520. The summed E-state index contributed by atoms with van der Waals surface area (Å²) >= 11 is 0. The Labute approximate surface area is 463 Å². The molecule has 1 atom stereocenters. The van der Waals surface area contributed by atoms with E-state index in [9.17, 15) is 14.4 Å². The Hall–Kier alpha value is -3.93. The predicted octanol–water partition coefficient (Wildman–Crippen LogP) is 21.4. The number of unbranched alkanes of at least 4 members (excludes halogenated alkanes) is 27. The summed E-state index contributed by atoms with van der Waals surface area (Å²) in [6.45, 7) is 6.40. The van der Waals surface area contributed by atoms with E-state index in [1.807, 2.05) is 0 Å².